The molecule has 4 heteroatoms. The predicted molar refractivity (Wildman–Crippen MR) is 119 cm³/mol. The van der Waals surface area contributed by atoms with Crippen molar-refractivity contribution in [2.45, 2.75) is 50.5 Å². The van der Waals surface area contributed by atoms with E-state index in [4.69, 9.17) is 4.74 Å². The number of aliphatic hydroxyl groups is 1. The Morgan fingerprint density at radius 3 is 2.25 bits per heavy atom. The monoisotopic (exact) mass is 403 g/mol. The number of hydrogen-bond donors (Lipinski definition) is 1. The van der Waals surface area contributed by atoms with E-state index in [9.17, 15) is 5.11 Å². The molecule has 2 atom stereocenters. The van der Waals surface area contributed by atoms with E-state index < -0.39 is 5.60 Å². The molecule has 28 heavy (non-hydrogen) atoms. The molecule has 2 aromatic carbocycles. The summed E-state index contributed by atoms with van der Waals surface area (Å²) in [5.74, 6) is 0.879. The Labute approximate surface area is 176 Å². The highest BCUT2D eigenvalue weighted by atomic mass is 35.5. The largest absolute Gasteiger partial charge is 0.497 e. The molecule has 0 saturated carbocycles. The molecule has 1 aliphatic heterocycles. The molecular formula is C24H34ClNO2. The number of ether oxygens (including phenoxy) is 1. The normalized spacial score (nSPS) is 17.5. The highest BCUT2D eigenvalue weighted by Gasteiger charge is 2.40. The third-order valence-electron chi connectivity index (χ3n) is 5.92. The Morgan fingerprint density at radius 1 is 1.04 bits per heavy atom. The molecule has 0 amide bonds. The standard InChI is InChI=1S/C24H33NO2.ClH/c1-3-4-16-24(26,21-12-14-22(27-2)15-13-21)23(19-25-17-8-9-18-25)20-10-6-5-7-11-20;/h5-7,10-15,23,26H,3-4,8-9,16-19H2,1-2H3;1H. The molecular weight excluding hydrogens is 370 g/mol. The quantitative estimate of drug-likeness (QED) is 0.610. The van der Waals surface area contributed by atoms with Gasteiger partial charge in [0.05, 0.1) is 12.7 Å². The van der Waals surface area contributed by atoms with E-state index in [2.05, 4.69) is 42.2 Å². The first kappa shape index (κ1) is 22.7. The maximum atomic E-state index is 12.1. The van der Waals surface area contributed by atoms with Crippen molar-refractivity contribution in [2.75, 3.05) is 26.7 Å². The summed E-state index contributed by atoms with van der Waals surface area (Å²) in [6.07, 6.45) is 5.37. The summed E-state index contributed by atoms with van der Waals surface area (Å²) in [6, 6.07) is 18.6. The lowest BCUT2D eigenvalue weighted by Crippen LogP contribution is -2.40. The van der Waals surface area contributed by atoms with Gasteiger partial charge in [-0.25, -0.2) is 0 Å². The van der Waals surface area contributed by atoms with Gasteiger partial charge in [-0.15, -0.1) is 12.4 Å². The Bertz CT molecular complexity index is 686. The minimum Gasteiger partial charge on any atom is -0.497 e. The van der Waals surface area contributed by atoms with E-state index in [1.807, 2.05) is 24.3 Å². The minimum absolute atomic E-state index is 0. The van der Waals surface area contributed by atoms with Gasteiger partial charge in [-0.05, 0) is 55.6 Å². The Hall–Kier alpha value is -1.55. The smallest absolute Gasteiger partial charge is 0.118 e. The topological polar surface area (TPSA) is 32.7 Å². The molecule has 1 N–H and O–H groups in total. The number of likely N-dealkylation sites (tertiary alicyclic amines) is 1. The molecule has 0 spiro atoms. The highest BCUT2D eigenvalue weighted by Crippen LogP contribution is 2.42. The van der Waals surface area contributed by atoms with Crippen LogP contribution in [0.4, 0.5) is 0 Å². The lowest BCUT2D eigenvalue weighted by Gasteiger charge is -2.39. The van der Waals surface area contributed by atoms with Crippen molar-refractivity contribution in [3.05, 3.63) is 65.7 Å². The number of nitrogens with zero attached hydrogens (tertiary/aromatic N) is 1. The van der Waals surface area contributed by atoms with E-state index >= 15 is 0 Å². The summed E-state index contributed by atoms with van der Waals surface area (Å²) >= 11 is 0. The first-order valence-electron chi connectivity index (χ1n) is 10.3. The lowest BCUT2D eigenvalue weighted by molar-refractivity contribution is -0.0130. The molecule has 1 aliphatic rings. The van der Waals surface area contributed by atoms with Gasteiger partial charge in [0.1, 0.15) is 5.75 Å². The minimum atomic E-state index is -0.883. The molecule has 3 nitrogen and oxygen atoms in total. The van der Waals surface area contributed by atoms with Crippen LogP contribution in [-0.2, 0) is 5.60 Å². The number of hydrogen-bond acceptors (Lipinski definition) is 3. The van der Waals surface area contributed by atoms with Gasteiger partial charge in [0.15, 0.2) is 0 Å². The Morgan fingerprint density at radius 2 is 1.68 bits per heavy atom. The highest BCUT2D eigenvalue weighted by molar-refractivity contribution is 5.85. The van der Waals surface area contributed by atoms with Gasteiger partial charge < -0.3 is 14.7 Å². The molecule has 3 rings (SSSR count). The third kappa shape index (κ3) is 5.28. The van der Waals surface area contributed by atoms with Gasteiger partial charge in [0, 0.05) is 12.5 Å². The van der Waals surface area contributed by atoms with Crippen LogP contribution >= 0.6 is 12.4 Å². The van der Waals surface area contributed by atoms with Gasteiger partial charge in [0.2, 0.25) is 0 Å². The first-order chi connectivity index (χ1) is 13.2. The Kier molecular flexibility index (Phi) is 8.81. The second-order valence-corrected chi connectivity index (χ2v) is 7.73. The van der Waals surface area contributed by atoms with Crippen LogP contribution in [0.1, 0.15) is 56.1 Å². The molecule has 2 aromatic rings. The molecule has 154 valence electrons. The molecule has 1 saturated heterocycles. The number of unbranched alkanes of at least 4 members (excludes halogenated alkanes) is 1. The maximum absolute atomic E-state index is 12.1. The maximum Gasteiger partial charge on any atom is 0.118 e. The van der Waals surface area contributed by atoms with Crippen LogP contribution in [0.5, 0.6) is 5.75 Å². The van der Waals surface area contributed by atoms with E-state index in [-0.39, 0.29) is 18.3 Å². The van der Waals surface area contributed by atoms with E-state index in [1.165, 1.54) is 18.4 Å². The summed E-state index contributed by atoms with van der Waals surface area (Å²) in [7, 11) is 1.68. The van der Waals surface area contributed by atoms with Crippen LogP contribution in [0, 0.1) is 0 Å². The number of benzene rings is 2. The summed E-state index contributed by atoms with van der Waals surface area (Å²) in [5.41, 5.74) is 1.33. The predicted octanol–water partition coefficient (Wildman–Crippen LogP) is 5.37. The number of rotatable bonds is 9. The molecule has 1 heterocycles. The molecule has 0 radical (unpaired) electrons. The summed E-state index contributed by atoms with van der Waals surface area (Å²) < 4.78 is 5.33. The number of halogens is 1. The lowest BCUT2D eigenvalue weighted by atomic mass is 9.74. The first-order valence-corrected chi connectivity index (χ1v) is 10.3. The van der Waals surface area contributed by atoms with Gasteiger partial charge in [0.25, 0.3) is 0 Å². The van der Waals surface area contributed by atoms with Crippen LogP contribution < -0.4 is 4.74 Å². The molecule has 1 fully saturated rings. The van der Waals surface area contributed by atoms with Crippen molar-refractivity contribution in [3.8, 4) is 5.75 Å². The van der Waals surface area contributed by atoms with Crippen LogP contribution in [0.15, 0.2) is 54.6 Å². The molecule has 0 bridgehead atoms. The van der Waals surface area contributed by atoms with Crippen LogP contribution in [0.3, 0.4) is 0 Å². The van der Waals surface area contributed by atoms with Gasteiger partial charge in [-0.1, -0.05) is 62.2 Å². The van der Waals surface area contributed by atoms with Crippen LogP contribution in [0.25, 0.3) is 0 Å². The molecule has 2 unspecified atom stereocenters. The average molecular weight is 404 g/mol. The van der Waals surface area contributed by atoms with Crippen molar-refractivity contribution < 1.29 is 9.84 Å². The zero-order chi connectivity index (χ0) is 19.1. The van der Waals surface area contributed by atoms with Gasteiger partial charge >= 0.3 is 0 Å². The van der Waals surface area contributed by atoms with Crippen molar-refractivity contribution in [2.24, 2.45) is 0 Å². The Balaban J connectivity index is 0.00000280. The summed E-state index contributed by atoms with van der Waals surface area (Å²) in [5, 5.41) is 12.1. The fourth-order valence-electron chi connectivity index (χ4n) is 4.29. The fraction of sp³-hybridized carbons (Fsp3) is 0.500. The second-order valence-electron chi connectivity index (χ2n) is 7.73. The zero-order valence-corrected chi connectivity index (χ0v) is 18.0. The van der Waals surface area contributed by atoms with Crippen LogP contribution in [-0.4, -0.2) is 36.8 Å². The molecule has 0 aromatic heterocycles. The second kappa shape index (κ2) is 10.8. The fourth-order valence-corrected chi connectivity index (χ4v) is 4.29. The van der Waals surface area contributed by atoms with Crippen molar-refractivity contribution >= 4 is 12.4 Å². The molecule has 0 aliphatic carbocycles. The average Bonchev–Trinajstić information content (AvgIpc) is 3.24. The summed E-state index contributed by atoms with van der Waals surface area (Å²) in [4.78, 5) is 2.51. The van der Waals surface area contributed by atoms with E-state index in [1.54, 1.807) is 7.11 Å². The van der Waals surface area contributed by atoms with Crippen LogP contribution in [0.2, 0.25) is 0 Å². The van der Waals surface area contributed by atoms with E-state index in [0.29, 0.717) is 0 Å². The van der Waals surface area contributed by atoms with Crippen molar-refractivity contribution in [1.29, 1.82) is 0 Å². The van der Waals surface area contributed by atoms with Gasteiger partial charge in [-0.2, -0.15) is 0 Å². The van der Waals surface area contributed by atoms with Crippen molar-refractivity contribution in [3.63, 3.8) is 0 Å². The zero-order valence-electron chi connectivity index (χ0n) is 17.1. The van der Waals surface area contributed by atoms with Crippen molar-refractivity contribution in [1.82, 2.24) is 4.90 Å². The summed E-state index contributed by atoms with van der Waals surface area (Å²) in [6.45, 7) is 5.36. The third-order valence-corrected chi connectivity index (χ3v) is 5.92. The SMILES string of the molecule is CCCCC(O)(c1ccc(OC)cc1)C(CN1CCCC1)c1ccccc1.Cl. The van der Waals surface area contributed by atoms with Gasteiger partial charge in [-0.3, -0.25) is 0 Å². The number of methoxy groups -OCH3 is 1. The van der Waals surface area contributed by atoms with E-state index in [0.717, 1.165) is 50.2 Å².